The molecule has 4 heteroatoms. The maximum Gasteiger partial charge on any atom is 0.264 e. The van der Waals surface area contributed by atoms with Crippen molar-refractivity contribution in [1.82, 2.24) is 0 Å². The molecule has 0 aromatic heterocycles. The van der Waals surface area contributed by atoms with Crippen molar-refractivity contribution in [2.24, 2.45) is 0 Å². The average molecular weight is 264 g/mol. The first-order valence-electron chi connectivity index (χ1n) is 5.74. The molecular weight excluding hydrogens is 250 g/mol. The van der Waals surface area contributed by atoms with Crippen molar-refractivity contribution in [2.75, 3.05) is 6.61 Å². The standard InChI is InChI=1S/C14H14FO2P/c1-2-17-18(16,12-8-4-3-5-9-12)14-11-7-6-10-13(14)15/h3-11H,2H2,1H3. The lowest BCUT2D eigenvalue weighted by Crippen LogP contribution is -2.20. The lowest BCUT2D eigenvalue weighted by Gasteiger charge is -2.18. The van der Waals surface area contributed by atoms with Gasteiger partial charge in [-0.1, -0.05) is 30.3 Å². The molecule has 94 valence electrons. The molecule has 0 bridgehead atoms. The first kappa shape index (κ1) is 13.0. The average Bonchev–Trinajstić information content (AvgIpc) is 2.40. The van der Waals surface area contributed by atoms with Crippen molar-refractivity contribution in [2.45, 2.75) is 6.92 Å². The number of rotatable bonds is 4. The lowest BCUT2D eigenvalue weighted by atomic mass is 10.3. The highest BCUT2D eigenvalue weighted by Crippen LogP contribution is 2.44. The molecule has 2 rings (SSSR count). The van der Waals surface area contributed by atoms with E-state index >= 15 is 0 Å². The van der Waals surface area contributed by atoms with Crippen molar-refractivity contribution in [3.63, 3.8) is 0 Å². The summed E-state index contributed by atoms with van der Waals surface area (Å²) in [5, 5.41) is 0.634. The second-order valence-electron chi connectivity index (χ2n) is 3.76. The zero-order chi connectivity index (χ0) is 13.0. The second kappa shape index (κ2) is 5.47. The van der Waals surface area contributed by atoms with E-state index in [-0.39, 0.29) is 11.9 Å². The maximum absolute atomic E-state index is 13.8. The van der Waals surface area contributed by atoms with Crippen molar-refractivity contribution in [3.05, 3.63) is 60.4 Å². The third-order valence-corrected chi connectivity index (χ3v) is 5.17. The van der Waals surface area contributed by atoms with Gasteiger partial charge in [-0.3, -0.25) is 4.57 Å². The molecule has 2 aromatic rings. The van der Waals surface area contributed by atoms with Crippen LogP contribution < -0.4 is 10.6 Å². The fourth-order valence-electron chi connectivity index (χ4n) is 1.78. The first-order valence-corrected chi connectivity index (χ1v) is 7.36. The monoisotopic (exact) mass is 264 g/mol. The molecule has 2 nitrogen and oxygen atoms in total. The van der Waals surface area contributed by atoms with Crippen LogP contribution in [0.1, 0.15) is 6.92 Å². The smallest absolute Gasteiger partial charge is 0.264 e. The summed E-state index contributed by atoms with van der Waals surface area (Å²) in [6.07, 6.45) is 0. The molecule has 0 spiro atoms. The number of benzene rings is 2. The summed E-state index contributed by atoms with van der Waals surface area (Å²) >= 11 is 0. The minimum absolute atomic E-state index is 0.123. The number of hydrogen-bond acceptors (Lipinski definition) is 2. The van der Waals surface area contributed by atoms with Crippen LogP contribution in [-0.4, -0.2) is 6.61 Å². The van der Waals surface area contributed by atoms with Gasteiger partial charge in [-0.25, -0.2) is 4.39 Å². The van der Waals surface area contributed by atoms with E-state index in [0.29, 0.717) is 5.30 Å². The van der Waals surface area contributed by atoms with Crippen LogP contribution in [-0.2, 0) is 9.09 Å². The SMILES string of the molecule is CCOP(=O)(c1ccccc1)c1ccccc1F. The summed E-state index contributed by atoms with van der Waals surface area (Å²) in [7, 11) is -3.34. The van der Waals surface area contributed by atoms with Gasteiger partial charge in [0.2, 0.25) is 0 Å². The van der Waals surface area contributed by atoms with E-state index in [4.69, 9.17) is 4.52 Å². The van der Waals surface area contributed by atoms with Gasteiger partial charge in [0, 0.05) is 5.30 Å². The Kier molecular flexibility index (Phi) is 3.95. The van der Waals surface area contributed by atoms with E-state index in [1.165, 1.54) is 12.1 Å². The van der Waals surface area contributed by atoms with Gasteiger partial charge in [-0.15, -0.1) is 0 Å². The van der Waals surface area contributed by atoms with Crippen LogP contribution in [0.25, 0.3) is 0 Å². The number of halogens is 1. The second-order valence-corrected chi connectivity index (χ2v) is 6.12. The largest absolute Gasteiger partial charge is 0.322 e. The third-order valence-electron chi connectivity index (χ3n) is 2.58. The Morgan fingerprint density at radius 1 is 1.06 bits per heavy atom. The zero-order valence-corrected chi connectivity index (χ0v) is 10.9. The van der Waals surface area contributed by atoms with Crippen molar-refractivity contribution < 1.29 is 13.5 Å². The molecule has 0 aliphatic rings. The minimum atomic E-state index is -3.34. The van der Waals surface area contributed by atoms with Gasteiger partial charge in [-0.2, -0.15) is 0 Å². The molecule has 18 heavy (non-hydrogen) atoms. The van der Waals surface area contributed by atoms with Crippen LogP contribution in [0.5, 0.6) is 0 Å². The van der Waals surface area contributed by atoms with E-state index in [1.54, 1.807) is 43.3 Å². The summed E-state index contributed by atoms with van der Waals surface area (Å²) in [6.45, 7) is 2.01. The summed E-state index contributed by atoms with van der Waals surface area (Å²) in [5.74, 6) is -0.502. The van der Waals surface area contributed by atoms with Crippen LogP contribution in [0.3, 0.4) is 0 Å². The molecule has 0 heterocycles. The Morgan fingerprint density at radius 2 is 1.67 bits per heavy atom. The molecule has 0 aliphatic carbocycles. The Bertz CT molecular complexity index is 569. The summed E-state index contributed by atoms with van der Waals surface area (Å²) in [5.41, 5.74) is 0. The highest BCUT2D eigenvalue weighted by molar-refractivity contribution is 7.74. The third kappa shape index (κ3) is 2.38. The molecule has 0 aliphatic heterocycles. The van der Waals surface area contributed by atoms with Gasteiger partial charge in [0.1, 0.15) is 5.82 Å². The van der Waals surface area contributed by atoms with Gasteiger partial charge in [0.05, 0.1) is 11.9 Å². The van der Waals surface area contributed by atoms with Gasteiger partial charge in [-0.05, 0) is 31.2 Å². The molecule has 0 fully saturated rings. The highest BCUT2D eigenvalue weighted by atomic mass is 31.2. The van der Waals surface area contributed by atoms with Crippen molar-refractivity contribution in [3.8, 4) is 0 Å². The van der Waals surface area contributed by atoms with E-state index in [0.717, 1.165) is 0 Å². The van der Waals surface area contributed by atoms with Crippen molar-refractivity contribution in [1.29, 1.82) is 0 Å². The zero-order valence-electron chi connectivity index (χ0n) is 10.0. The highest BCUT2D eigenvalue weighted by Gasteiger charge is 2.30. The predicted molar refractivity (Wildman–Crippen MR) is 71.3 cm³/mol. The van der Waals surface area contributed by atoms with Crippen LogP contribution in [0, 0.1) is 5.82 Å². The Balaban J connectivity index is 2.59. The first-order chi connectivity index (χ1) is 8.68. The van der Waals surface area contributed by atoms with Gasteiger partial charge >= 0.3 is 0 Å². The van der Waals surface area contributed by atoms with Crippen LogP contribution in [0.15, 0.2) is 54.6 Å². The van der Waals surface area contributed by atoms with Crippen molar-refractivity contribution >= 4 is 18.0 Å². The Labute approximate surface area is 106 Å². The Hall–Kier alpha value is -1.44. The van der Waals surface area contributed by atoms with Gasteiger partial charge in [0.25, 0.3) is 7.37 Å². The molecule has 1 unspecified atom stereocenters. The van der Waals surface area contributed by atoms with Gasteiger partial charge in [0.15, 0.2) is 0 Å². The fraction of sp³-hybridized carbons (Fsp3) is 0.143. The molecule has 2 aromatic carbocycles. The lowest BCUT2D eigenvalue weighted by molar-refractivity contribution is 0.347. The quantitative estimate of drug-likeness (QED) is 0.793. The molecule has 1 atom stereocenters. The van der Waals surface area contributed by atoms with Gasteiger partial charge < -0.3 is 4.52 Å². The number of hydrogen-bond donors (Lipinski definition) is 0. The summed E-state index contributed by atoms with van der Waals surface area (Å²) in [6, 6.07) is 14.8. The predicted octanol–water partition coefficient (Wildman–Crippen LogP) is 3.09. The maximum atomic E-state index is 13.8. The van der Waals surface area contributed by atoms with E-state index in [1.807, 2.05) is 6.07 Å². The van der Waals surface area contributed by atoms with Crippen LogP contribution >= 0.6 is 7.37 Å². The topological polar surface area (TPSA) is 26.3 Å². The fourth-order valence-corrected chi connectivity index (χ4v) is 3.91. The molecule has 0 saturated heterocycles. The molecule has 0 radical (unpaired) electrons. The van der Waals surface area contributed by atoms with E-state index in [9.17, 15) is 8.96 Å². The summed E-state index contributed by atoms with van der Waals surface area (Å²) < 4.78 is 32.2. The molecular formula is C14H14FO2P. The van der Waals surface area contributed by atoms with E-state index < -0.39 is 13.2 Å². The Morgan fingerprint density at radius 3 is 2.28 bits per heavy atom. The molecule has 0 N–H and O–H groups in total. The van der Waals surface area contributed by atoms with Crippen LogP contribution in [0.2, 0.25) is 0 Å². The minimum Gasteiger partial charge on any atom is -0.322 e. The summed E-state index contributed by atoms with van der Waals surface area (Å²) in [4.78, 5) is 0. The molecule has 0 saturated carbocycles. The molecule has 0 amide bonds. The normalized spacial score (nSPS) is 14.1. The van der Waals surface area contributed by atoms with Crippen LogP contribution in [0.4, 0.5) is 4.39 Å². The van der Waals surface area contributed by atoms with E-state index in [2.05, 4.69) is 0 Å².